The van der Waals surface area contributed by atoms with Gasteiger partial charge < -0.3 is 14.6 Å². The van der Waals surface area contributed by atoms with Gasteiger partial charge in [-0.2, -0.15) is 0 Å². The van der Waals surface area contributed by atoms with Gasteiger partial charge in [-0.05, 0) is 37.8 Å². The number of aliphatic hydroxyl groups excluding tert-OH is 1. The maximum atomic E-state index is 12.4. The second-order valence-corrected chi connectivity index (χ2v) is 6.58. The van der Waals surface area contributed by atoms with Gasteiger partial charge in [0.15, 0.2) is 0 Å². The molecule has 5 heteroatoms. The average Bonchev–Trinajstić information content (AvgIpc) is 2.63. The molecule has 1 heterocycles. The summed E-state index contributed by atoms with van der Waals surface area (Å²) in [5.41, 5.74) is 1.24. The zero-order chi connectivity index (χ0) is 16.2. The molecule has 1 aliphatic heterocycles. The van der Waals surface area contributed by atoms with Crippen LogP contribution in [0.5, 0.6) is 5.75 Å². The molecule has 1 aromatic rings. The molecule has 5 nitrogen and oxygen atoms in total. The molecular weight excluding hydrogens is 284 g/mol. The van der Waals surface area contributed by atoms with Gasteiger partial charge >= 0.3 is 11.9 Å². The smallest absolute Gasteiger partial charge is 0.324 e. The highest BCUT2D eigenvalue weighted by atomic mass is 16.6. The van der Waals surface area contributed by atoms with Crippen molar-refractivity contribution in [2.45, 2.75) is 51.7 Å². The van der Waals surface area contributed by atoms with E-state index < -0.39 is 23.6 Å². The Balaban J connectivity index is 2.28. The van der Waals surface area contributed by atoms with E-state index in [9.17, 15) is 14.7 Å². The van der Waals surface area contributed by atoms with Crippen LogP contribution in [0.4, 0.5) is 0 Å². The molecule has 2 aliphatic rings. The average molecular weight is 304 g/mol. The van der Waals surface area contributed by atoms with Crippen molar-refractivity contribution in [2.75, 3.05) is 0 Å². The third kappa shape index (κ3) is 1.96. The van der Waals surface area contributed by atoms with E-state index in [1.54, 1.807) is 13.0 Å². The Labute approximate surface area is 129 Å². The first kappa shape index (κ1) is 15.0. The van der Waals surface area contributed by atoms with Crippen LogP contribution in [0, 0.1) is 12.8 Å². The lowest BCUT2D eigenvalue weighted by Crippen LogP contribution is -2.42. The number of hydrogen-bond donors (Lipinski definition) is 1. The number of carbonyl (C=O) groups is 2. The Morgan fingerprint density at radius 1 is 1.45 bits per heavy atom. The maximum Gasteiger partial charge on any atom is 0.324 e. The third-order valence-corrected chi connectivity index (χ3v) is 4.80. The summed E-state index contributed by atoms with van der Waals surface area (Å²) < 4.78 is 10.9. The Kier molecular flexibility index (Phi) is 3.29. The number of aryl methyl sites for hydroxylation is 1. The van der Waals surface area contributed by atoms with Gasteiger partial charge in [-0.3, -0.25) is 9.59 Å². The molecule has 0 unspecified atom stereocenters. The Hall–Kier alpha value is -1.88. The van der Waals surface area contributed by atoms with Gasteiger partial charge in [-0.25, -0.2) is 0 Å². The van der Waals surface area contributed by atoms with E-state index in [2.05, 4.69) is 0 Å². The standard InChI is InChI=1S/C17H20O5/c1-8-5-11-14-12(6-8)22-16(20)17(14,4)13(19)7-9(2)15(11)21-10(3)18/h5-6,9,13,15,19H,7H2,1-4H3/t9-,13+,15+,17-/m0/s1. The van der Waals surface area contributed by atoms with Gasteiger partial charge in [0.05, 0.1) is 6.10 Å². The highest BCUT2D eigenvalue weighted by molar-refractivity contribution is 5.92. The Morgan fingerprint density at radius 3 is 2.77 bits per heavy atom. The van der Waals surface area contributed by atoms with Gasteiger partial charge in [0.2, 0.25) is 0 Å². The number of esters is 2. The first-order chi connectivity index (χ1) is 10.2. The molecule has 0 amide bonds. The van der Waals surface area contributed by atoms with Crippen molar-refractivity contribution in [3.8, 4) is 5.75 Å². The van der Waals surface area contributed by atoms with E-state index in [-0.39, 0.29) is 11.9 Å². The molecule has 1 aliphatic carbocycles. The summed E-state index contributed by atoms with van der Waals surface area (Å²) in [6.07, 6.45) is -1.01. The van der Waals surface area contributed by atoms with Crippen molar-refractivity contribution in [1.82, 2.24) is 0 Å². The summed E-state index contributed by atoms with van der Waals surface area (Å²) in [6.45, 7) is 6.89. The number of hydrogen-bond acceptors (Lipinski definition) is 5. The summed E-state index contributed by atoms with van der Waals surface area (Å²) in [5, 5.41) is 10.6. The van der Waals surface area contributed by atoms with E-state index >= 15 is 0 Å². The van der Waals surface area contributed by atoms with Crippen LogP contribution in [0.15, 0.2) is 12.1 Å². The largest absolute Gasteiger partial charge is 0.457 e. The minimum atomic E-state index is -1.11. The second kappa shape index (κ2) is 4.81. The van der Waals surface area contributed by atoms with E-state index in [1.807, 2.05) is 19.9 Å². The number of carbonyl (C=O) groups excluding carboxylic acids is 2. The molecule has 0 fully saturated rings. The summed E-state index contributed by atoms with van der Waals surface area (Å²) in [5.74, 6) is -0.458. The molecule has 0 radical (unpaired) electrons. The molecule has 1 aromatic carbocycles. The zero-order valence-electron chi connectivity index (χ0n) is 13.2. The van der Waals surface area contributed by atoms with Crippen LogP contribution in [-0.4, -0.2) is 23.1 Å². The van der Waals surface area contributed by atoms with Crippen molar-refractivity contribution < 1.29 is 24.2 Å². The second-order valence-electron chi connectivity index (χ2n) is 6.58. The highest BCUT2D eigenvalue weighted by Gasteiger charge is 2.55. The molecule has 3 rings (SSSR count). The summed E-state index contributed by atoms with van der Waals surface area (Å²) in [7, 11) is 0. The fourth-order valence-corrected chi connectivity index (χ4v) is 3.63. The number of benzene rings is 1. The first-order valence-electron chi connectivity index (χ1n) is 7.47. The van der Waals surface area contributed by atoms with E-state index in [1.165, 1.54) is 6.92 Å². The zero-order valence-corrected chi connectivity index (χ0v) is 13.2. The van der Waals surface area contributed by atoms with Crippen LogP contribution in [0.3, 0.4) is 0 Å². The van der Waals surface area contributed by atoms with Crippen molar-refractivity contribution in [3.05, 3.63) is 28.8 Å². The molecule has 0 saturated carbocycles. The first-order valence-corrected chi connectivity index (χ1v) is 7.47. The molecule has 22 heavy (non-hydrogen) atoms. The molecular formula is C17H20O5. The molecule has 1 N–H and O–H groups in total. The predicted molar refractivity (Wildman–Crippen MR) is 78.5 cm³/mol. The Bertz CT molecular complexity index is 665. The van der Waals surface area contributed by atoms with E-state index in [4.69, 9.17) is 9.47 Å². The van der Waals surface area contributed by atoms with Gasteiger partial charge in [0.25, 0.3) is 0 Å². The fourth-order valence-electron chi connectivity index (χ4n) is 3.63. The van der Waals surface area contributed by atoms with Gasteiger partial charge in [0, 0.05) is 18.1 Å². The number of rotatable bonds is 1. The number of ether oxygens (including phenoxy) is 2. The topological polar surface area (TPSA) is 72.8 Å². The quantitative estimate of drug-likeness (QED) is 0.636. The van der Waals surface area contributed by atoms with E-state index in [0.29, 0.717) is 17.7 Å². The molecule has 0 spiro atoms. The molecule has 0 aromatic heterocycles. The third-order valence-electron chi connectivity index (χ3n) is 4.80. The van der Waals surface area contributed by atoms with Crippen LogP contribution < -0.4 is 4.74 Å². The van der Waals surface area contributed by atoms with E-state index in [0.717, 1.165) is 11.1 Å². The minimum Gasteiger partial charge on any atom is -0.457 e. The predicted octanol–water partition coefficient (Wildman–Crippen LogP) is 2.18. The number of aliphatic hydroxyl groups is 1. The van der Waals surface area contributed by atoms with Gasteiger partial charge in [0.1, 0.15) is 17.3 Å². The van der Waals surface area contributed by atoms with Crippen molar-refractivity contribution >= 4 is 11.9 Å². The van der Waals surface area contributed by atoms with Gasteiger partial charge in [-0.15, -0.1) is 0 Å². The SMILES string of the molecule is CC(=O)O[C@H]1c2cc(C)cc3c2[C@@](C)(C(=O)O3)[C@H](O)C[C@@H]1C. The van der Waals surface area contributed by atoms with Crippen molar-refractivity contribution in [1.29, 1.82) is 0 Å². The van der Waals surface area contributed by atoms with Crippen LogP contribution >= 0.6 is 0 Å². The van der Waals surface area contributed by atoms with Crippen LogP contribution in [0.1, 0.15) is 50.0 Å². The van der Waals surface area contributed by atoms with Gasteiger partial charge in [-0.1, -0.05) is 13.0 Å². The fraction of sp³-hybridized carbons (Fsp3) is 0.529. The van der Waals surface area contributed by atoms with Crippen LogP contribution in [0.25, 0.3) is 0 Å². The minimum absolute atomic E-state index is 0.0972. The normalized spacial score (nSPS) is 33.0. The van der Waals surface area contributed by atoms with Crippen molar-refractivity contribution in [2.24, 2.45) is 5.92 Å². The molecule has 4 atom stereocenters. The summed E-state index contributed by atoms with van der Waals surface area (Å²) in [4.78, 5) is 23.9. The molecule has 118 valence electrons. The van der Waals surface area contributed by atoms with Crippen molar-refractivity contribution in [3.63, 3.8) is 0 Å². The monoisotopic (exact) mass is 304 g/mol. The maximum absolute atomic E-state index is 12.4. The highest BCUT2D eigenvalue weighted by Crippen LogP contribution is 2.52. The molecule has 0 saturated heterocycles. The lowest BCUT2D eigenvalue weighted by atomic mass is 9.76. The summed E-state index contributed by atoms with van der Waals surface area (Å²) in [6, 6.07) is 3.71. The van der Waals surface area contributed by atoms with Crippen LogP contribution in [0.2, 0.25) is 0 Å². The lowest BCUT2D eigenvalue weighted by Gasteiger charge is -2.26. The summed E-state index contributed by atoms with van der Waals surface area (Å²) >= 11 is 0. The van der Waals surface area contributed by atoms with Crippen LogP contribution in [-0.2, 0) is 19.7 Å². The Morgan fingerprint density at radius 2 is 2.14 bits per heavy atom. The molecule has 0 bridgehead atoms. The lowest BCUT2D eigenvalue weighted by molar-refractivity contribution is -0.150.